The van der Waals surface area contributed by atoms with Crippen LogP contribution in [-0.2, 0) is 4.79 Å². The number of urea groups is 1. The van der Waals surface area contributed by atoms with Gasteiger partial charge in [-0.1, -0.05) is 6.92 Å². The number of aliphatic carboxylic acids is 1. The Morgan fingerprint density at radius 1 is 1.30 bits per heavy atom. The molecule has 20 heavy (non-hydrogen) atoms. The summed E-state index contributed by atoms with van der Waals surface area (Å²) in [5.41, 5.74) is -0.862. The third kappa shape index (κ3) is 3.77. The second kappa shape index (κ2) is 5.88. The maximum absolute atomic E-state index is 12.2. The molecule has 8 heteroatoms. The molecule has 0 radical (unpaired) electrons. The standard InChI is InChI=1S/C12H19F3N2O3/c1-3-11(9(18)19)4-6-17(7-5-11)10(20)16(2)8-12(13,14)15/h3-8H2,1-2H3,(H,18,19). The summed E-state index contributed by atoms with van der Waals surface area (Å²) in [6.45, 7) is 0.796. The van der Waals surface area contributed by atoms with Crippen molar-refractivity contribution in [1.29, 1.82) is 0 Å². The molecule has 5 nitrogen and oxygen atoms in total. The number of halogens is 3. The first-order valence-corrected chi connectivity index (χ1v) is 6.41. The summed E-state index contributed by atoms with van der Waals surface area (Å²) < 4.78 is 36.7. The van der Waals surface area contributed by atoms with Gasteiger partial charge >= 0.3 is 18.2 Å². The number of likely N-dealkylation sites (tertiary alicyclic amines) is 1. The number of carbonyl (C=O) groups is 2. The number of amides is 2. The zero-order valence-corrected chi connectivity index (χ0v) is 11.5. The average molecular weight is 296 g/mol. The first-order chi connectivity index (χ1) is 9.11. The van der Waals surface area contributed by atoms with Gasteiger partial charge in [0.2, 0.25) is 0 Å². The lowest BCUT2D eigenvalue weighted by Crippen LogP contribution is -2.51. The minimum absolute atomic E-state index is 0.168. The highest BCUT2D eigenvalue weighted by Gasteiger charge is 2.42. The van der Waals surface area contributed by atoms with Crippen molar-refractivity contribution in [3.63, 3.8) is 0 Å². The fourth-order valence-corrected chi connectivity index (χ4v) is 2.42. The Bertz CT molecular complexity index is 377. The van der Waals surface area contributed by atoms with Gasteiger partial charge in [-0.2, -0.15) is 13.2 Å². The van der Waals surface area contributed by atoms with Crippen LogP contribution in [0, 0.1) is 5.41 Å². The van der Waals surface area contributed by atoms with Gasteiger partial charge in [-0.25, -0.2) is 4.79 Å². The Kier molecular flexibility index (Phi) is 4.88. The summed E-state index contributed by atoms with van der Waals surface area (Å²) in [4.78, 5) is 25.0. The van der Waals surface area contributed by atoms with Crippen molar-refractivity contribution in [3.8, 4) is 0 Å². The third-order valence-corrected chi connectivity index (χ3v) is 3.86. The molecule has 1 aliphatic heterocycles. The lowest BCUT2D eigenvalue weighted by molar-refractivity contribution is -0.152. The van der Waals surface area contributed by atoms with Crippen molar-refractivity contribution in [3.05, 3.63) is 0 Å². The number of carbonyl (C=O) groups excluding carboxylic acids is 1. The zero-order valence-electron chi connectivity index (χ0n) is 11.5. The molecule has 1 aliphatic rings. The molecule has 116 valence electrons. The van der Waals surface area contributed by atoms with Crippen LogP contribution in [0.4, 0.5) is 18.0 Å². The summed E-state index contributed by atoms with van der Waals surface area (Å²) >= 11 is 0. The minimum Gasteiger partial charge on any atom is -0.481 e. The molecule has 1 N–H and O–H groups in total. The molecule has 1 rings (SSSR count). The van der Waals surface area contributed by atoms with E-state index >= 15 is 0 Å². The fourth-order valence-electron chi connectivity index (χ4n) is 2.42. The van der Waals surface area contributed by atoms with E-state index in [1.54, 1.807) is 6.92 Å². The Morgan fingerprint density at radius 3 is 2.15 bits per heavy atom. The van der Waals surface area contributed by atoms with Crippen molar-refractivity contribution < 1.29 is 27.9 Å². The second-order valence-electron chi connectivity index (χ2n) is 5.18. The largest absolute Gasteiger partial charge is 0.481 e. The molecule has 0 atom stereocenters. The number of nitrogens with zero attached hydrogens (tertiary/aromatic N) is 2. The molecule has 0 aromatic rings. The Balaban J connectivity index is 2.61. The van der Waals surface area contributed by atoms with Crippen LogP contribution < -0.4 is 0 Å². The highest BCUT2D eigenvalue weighted by molar-refractivity contribution is 5.77. The van der Waals surface area contributed by atoms with Crippen LogP contribution in [0.2, 0.25) is 0 Å². The summed E-state index contributed by atoms with van der Waals surface area (Å²) in [6, 6.07) is -0.711. The highest BCUT2D eigenvalue weighted by atomic mass is 19.4. The van der Waals surface area contributed by atoms with Crippen LogP contribution in [0.25, 0.3) is 0 Å². The number of alkyl halides is 3. The highest BCUT2D eigenvalue weighted by Crippen LogP contribution is 2.35. The molecule has 1 heterocycles. The van der Waals surface area contributed by atoms with E-state index in [0.717, 1.165) is 7.05 Å². The van der Waals surface area contributed by atoms with Gasteiger partial charge in [-0.05, 0) is 19.3 Å². The van der Waals surface area contributed by atoms with Crippen molar-refractivity contribution in [2.75, 3.05) is 26.7 Å². The second-order valence-corrected chi connectivity index (χ2v) is 5.18. The topological polar surface area (TPSA) is 60.9 Å². The fraction of sp³-hybridized carbons (Fsp3) is 0.833. The molecular formula is C12H19F3N2O3. The predicted octanol–water partition coefficient (Wildman–Crippen LogP) is 2.18. The Labute approximate surface area is 115 Å². The molecule has 0 aliphatic carbocycles. The van der Waals surface area contributed by atoms with Gasteiger partial charge < -0.3 is 14.9 Å². The maximum atomic E-state index is 12.2. The number of rotatable bonds is 3. The quantitative estimate of drug-likeness (QED) is 0.868. The normalized spacial score (nSPS) is 18.8. The van der Waals surface area contributed by atoms with Gasteiger partial charge in [0.25, 0.3) is 0 Å². The maximum Gasteiger partial charge on any atom is 0.406 e. The molecular weight excluding hydrogens is 277 g/mol. The number of piperidine rings is 1. The predicted molar refractivity (Wildman–Crippen MR) is 65.2 cm³/mol. The van der Waals surface area contributed by atoms with Gasteiger partial charge in [0.15, 0.2) is 0 Å². The molecule has 0 aromatic heterocycles. The summed E-state index contributed by atoms with van der Waals surface area (Å²) in [6.07, 6.45) is -3.45. The number of carboxylic acids is 1. The van der Waals surface area contributed by atoms with Gasteiger partial charge in [0.05, 0.1) is 5.41 Å². The lowest BCUT2D eigenvalue weighted by atomic mass is 9.76. The van der Waals surface area contributed by atoms with Crippen LogP contribution in [0.1, 0.15) is 26.2 Å². The number of hydrogen-bond donors (Lipinski definition) is 1. The van der Waals surface area contributed by atoms with E-state index in [1.165, 1.54) is 4.90 Å². The molecule has 1 fully saturated rings. The Hall–Kier alpha value is -1.47. The zero-order chi connectivity index (χ0) is 15.6. The van der Waals surface area contributed by atoms with E-state index < -0.39 is 30.1 Å². The lowest BCUT2D eigenvalue weighted by Gasteiger charge is -2.39. The first-order valence-electron chi connectivity index (χ1n) is 6.41. The van der Waals surface area contributed by atoms with Crippen LogP contribution >= 0.6 is 0 Å². The van der Waals surface area contributed by atoms with Gasteiger partial charge in [0.1, 0.15) is 6.54 Å². The van der Waals surface area contributed by atoms with Crippen molar-refractivity contribution in [1.82, 2.24) is 9.80 Å². The van der Waals surface area contributed by atoms with E-state index in [0.29, 0.717) is 11.3 Å². The molecule has 0 aromatic carbocycles. The van der Waals surface area contributed by atoms with Crippen molar-refractivity contribution in [2.45, 2.75) is 32.4 Å². The molecule has 0 bridgehead atoms. The SMILES string of the molecule is CCC1(C(=O)O)CCN(C(=O)N(C)CC(F)(F)F)CC1. The van der Waals surface area contributed by atoms with Crippen LogP contribution in [0.15, 0.2) is 0 Å². The van der Waals surface area contributed by atoms with Crippen LogP contribution in [0.3, 0.4) is 0 Å². The molecule has 0 unspecified atom stereocenters. The third-order valence-electron chi connectivity index (χ3n) is 3.86. The number of hydrogen-bond acceptors (Lipinski definition) is 2. The van der Waals surface area contributed by atoms with E-state index in [-0.39, 0.29) is 25.9 Å². The summed E-state index contributed by atoms with van der Waals surface area (Å²) in [5.74, 6) is -0.907. The van der Waals surface area contributed by atoms with Crippen LogP contribution in [-0.4, -0.2) is 59.8 Å². The van der Waals surface area contributed by atoms with Gasteiger partial charge in [0, 0.05) is 20.1 Å². The van der Waals surface area contributed by atoms with E-state index in [9.17, 15) is 27.9 Å². The van der Waals surface area contributed by atoms with E-state index in [1.807, 2.05) is 0 Å². The van der Waals surface area contributed by atoms with Gasteiger partial charge in [-0.15, -0.1) is 0 Å². The molecule has 0 saturated carbocycles. The minimum atomic E-state index is -4.44. The first kappa shape index (κ1) is 16.6. The van der Waals surface area contributed by atoms with E-state index in [4.69, 9.17) is 0 Å². The van der Waals surface area contributed by atoms with Crippen LogP contribution in [0.5, 0.6) is 0 Å². The average Bonchev–Trinajstić information content (AvgIpc) is 2.35. The molecule has 1 saturated heterocycles. The Morgan fingerprint density at radius 2 is 1.80 bits per heavy atom. The van der Waals surface area contributed by atoms with Gasteiger partial charge in [-0.3, -0.25) is 4.79 Å². The van der Waals surface area contributed by atoms with Crippen molar-refractivity contribution >= 4 is 12.0 Å². The summed E-state index contributed by atoms with van der Waals surface area (Å²) in [7, 11) is 1.09. The summed E-state index contributed by atoms with van der Waals surface area (Å²) in [5, 5.41) is 9.21. The number of carboxylic acid groups (broad SMARTS) is 1. The smallest absolute Gasteiger partial charge is 0.406 e. The molecule has 0 spiro atoms. The van der Waals surface area contributed by atoms with Crippen molar-refractivity contribution in [2.24, 2.45) is 5.41 Å². The molecule has 2 amide bonds. The van der Waals surface area contributed by atoms with E-state index in [2.05, 4.69) is 0 Å². The monoisotopic (exact) mass is 296 g/mol.